The minimum Gasteiger partial charge on any atom is -0.507 e. The fraction of sp³-hybridized carbons (Fsp3) is 0.0625. The fourth-order valence-corrected chi connectivity index (χ4v) is 2.30. The Morgan fingerprint density at radius 3 is 2.38 bits per heavy atom. The molecule has 0 aliphatic heterocycles. The second-order valence-electron chi connectivity index (χ2n) is 5.00. The van der Waals surface area contributed by atoms with E-state index in [9.17, 15) is 32.7 Å². The molecule has 2 aromatic carbocycles. The van der Waals surface area contributed by atoms with Crippen molar-refractivity contribution in [3.05, 3.63) is 52.8 Å². The first-order chi connectivity index (χ1) is 12.1. The summed E-state index contributed by atoms with van der Waals surface area (Å²) in [6.07, 6.45) is -5.01. The molecule has 2 aromatic rings. The number of halogens is 4. The minimum atomic E-state index is -5.01. The summed E-state index contributed by atoms with van der Waals surface area (Å²) >= 11 is 0. The molecule has 0 radical (unpaired) electrons. The normalized spacial score (nSPS) is 10.9. The predicted molar refractivity (Wildman–Crippen MR) is 83.4 cm³/mol. The number of guanidine groups is 1. The van der Waals surface area contributed by atoms with E-state index in [0.717, 1.165) is 24.3 Å². The van der Waals surface area contributed by atoms with E-state index in [4.69, 9.17) is 11.5 Å². The molecule has 1 amide bonds. The summed E-state index contributed by atoms with van der Waals surface area (Å²) in [5.74, 6) is -4.37. The van der Waals surface area contributed by atoms with Gasteiger partial charge in [-0.15, -0.1) is 0 Å². The molecular weight excluding hydrogens is 356 g/mol. The van der Waals surface area contributed by atoms with Crippen LogP contribution in [-0.2, 0) is 6.18 Å². The van der Waals surface area contributed by atoms with Crippen molar-refractivity contribution in [2.45, 2.75) is 6.18 Å². The molecule has 0 fully saturated rings. The number of carbonyl (C=O) groups is 1. The average molecular weight is 366 g/mol. The van der Waals surface area contributed by atoms with Crippen LogP contribution >= 0.6 is 0 Å². The Balaban J connectivity index is 2.91. The highest BCUT2D eigenvalue weighted by Gasteiger charge is 2.36. The lowest BCUT2D eigenvalue weighted by Crippen LogP contribution is -2.24. The third-order valence-corrected chi connectivity index (χ3v) is 3.32. The molecule has 0 spiro atoms. The molecule has 2 rings (SSSR count). The van der Waals surface area contributed by atoms with Crippen LogP contribution in [0.25, 0.3) is 11.1 Å². The first-order valence-corrected chi connectivity index (χ1v) is 6.84. The third-order valence-electron chi connectivity index (χ3n) is 3.32. The van der Waals surface area contributed by atoms with Gasteiger partial charge in [-0.2, -0.15) is 23.4 Å². The number of nitrogens with zero attached hydrogens (tertiary/aromatic N) is 2. The third kappa shape index (κ3) is 3.41. The lowest BCUT2D eigenvalue weighted by Gasteiger charge is -2.15. The summed E-state index contributed by atoms with van der Waals surface area (Å²) in [7, 11) is 0. The number of phenols is 1. The Morgan fingerprint density at radius 2 is 1.85 bits per heavy atom. The number of benzene rings is 2. The van der Waals surface area contributed by atoms with Crippen molar-refractivity contribution in [1.82, 2.24) is 0 Å². The van der Waals surface area contributed by atoms with E-state index in [1.165, 1.54) is 0 Å². The number of aliphatic imine (C=N–C) groups is 1. The van der Waals surface area contributed by atoms with Crippen molar-refractivity contribution >= 4 is 11.9 Å². The number of alkyl halides is 3. The van der Waals surface area contributed by atoms with Gasteiger partial charge in [-0.25, -0.2) is 4.39 Å². The molecule has 5 N–H and O–H groups in total. The summed E-state index contributed by atoms with van der Waals surface area (Å²) in [6, 6.07) is 5.95. The monoisotopic (exact) mass is 366 g/mol. The summed E-state index contributed by atoms with van der Waals surface area (Å²) in [5.41, 5.74) is 6.28. The van der Waals surface area contributed by atoms with E-state index in [2.05, 4.69) is 4.99 Å². The lowest BCUT2D eigenvalue weighted by molar-refractivity contribution is -0.139. The molecule has 0 aliphatic rings. The summed E-state index contributed by atoms with van der Waals surface area (Å²) in [6.45, 7) is 0. The van der Waals surface area contributed by atoms with E-state index < -0.39 is 51.9 Å². The van der Waals surface area contributed by atoms with Crippen molar-refractivity contribution in [3.63, 3.8) is 0 Å². The molecule has 0 aliphatic carbocycles. The number of hydrogen-bond donors (Lipinski definition) is 3. The Labute approximate surface area is 144 Å². The molecule has 0 heterocycles. The van der Waals surface area contributed by atoms with Crippen LogP contribution in [0.5, 0.6) is 5.75 Å². The van der Waals surface area contributed by atoms with Gasteiger partial charge in [0.15, 0.2) is 5.96 Å². The van der Waals surface area contributed by atoms with Crippen LogP contribution in [-0.4, -0.2) is 17.0 Å². The lowest BCUT2D eigenvalue weighted by atomic mass is 9.92. The topological polar surface area (TPSA) is 125 Å². The zero-order valence-electron chi connectivity index (χ0n) is 12.8. The summed E-state index contributed by atoms with van der Waals surface area (Å²) in [4.78, 5) is 15.4. The Kier molecular flexibility index (Phi) is 4.84. The second kappa shape index (κ2) is 6.72. The molecule has 0 unspecified atom stereocenters. The molecule has 0 saturated heterocycles. The maximum atomic E-state index is 14.5. The van der Waals surface area contributed by atoms with Crippen molar-refractivity contribution in [2.24, 2.45) is 16.5 Å². The first kappa shape index (κ1) is 18.7. The molecule has 134 valence electrons. The predicted octanol–water partition coefficient (Wildman–Crippen LogP) is 2.50. The maximum Gasteiger partial charge on any atom is 0.419 e. The molecule has 26 heavy (non-hydrogen) atoms. The molecule has 0 atom stereocenters. The SMILES string of the molecule is N#Cc1ccc(O)c(C(=O)N=C(N)N)c1-c1cccc(C(F)(F)F)c1F. The van der Waals surface area contributed by atoms with Crippen LogP contribution in [0.2, 0.25) is 0 Å². The van der Waals surface area contributed by atoms with Gasteiger partial charge in [-0.1, -0.05) is 12.1 Å². The average Bonchev–Trinajstić information content (AvgIpc) is 2.52. The van der Waals surface area contributed by atoms with Crippen LogP contribution in [0.15, 0.2) is 35.3 Å². The number of nitriles is 1. The Hall–Kier alpha value is -3.61. The zero-order chi connectivity index (χ0) is 19.6. The molecule has 0 aromatic heterocycles. The van der Waals surface area contributed by atoms with Crippen molar-refractivity contribution in [2.75, 3.05) is 0 Å². The van der Waals surface area contributed by atoms with Crippen LogP contribution in [0.4, 0.5) is 17.6 Å². The number of rotatable bonds is 2. The number of hydrogen-bond acceptors (Lipinski definition) is 3. The Bertz CT molecular complexity index is 958. The summed E-state index contributed by atoms with van der Waals surface area (Å²) < 4.78 is 53.4. The fourth-order valence-electron chi connectivity index (χ4n) is 2.30. The van der Waals surface area contributed by atoms with E-state index in [0.29, 0.717) is 6.07 Å². The molecular formula is C16H10F4N4O2. The van der Waals surface area contributed by atoms with Crippen molar-refractivity contribution in [3.8, 4) is 22.9 Å². The minimum absolute atomic E-state index is 0.352. The van der Waals surface area contributed by atoms with Crippen molar-refractivity contribution in [1.29, 1.82) is 5.26 Å². The Morgan fingerprint density at radius 1 is 1.19 bits per heavy atom. The standard InChI is InChI=1S/C16H10F4N4O2/c17-13-8(2-1-3-9(13)16(18,19)20)11-7(6-21)4-5-10(25)12(11)14(26)24-15(22)23/h1-5,25H,(H4,22,23,24,26). The van der Waals surface area contributed by atoms with Crippen LogP contribution in [0.3, 0.4) is 0 Å². The molecule has 10 heteroatoms. The number of aromatic hydroxyl groups is 1. The van der Waals surface area contributed by atoms with Gasteiger partial charge in [0.05, 0.1) is 22.8 Å². The largest absolute Gasteiger partial charge is 0.507 e. The zero-order valence-corrected chi connectivity index (χ0v) is 12.8. The smallest absolute Gasteiger partial charge is 0.419 e. The van der Waals surface area contributed by atoms with Crippen LogP contribution in [0, 0.1) is 17.1 Å². The van der Waals surface area contributed by atoms with Gasteiger partial charge >= 0.3 is 6.18 Å². The van der Waals surface area contributed by atoms with Gasteiger partial charge in [0.1, 0.15) is 11.6 Å². The van der Waals surface area contributed by atoms with E-state index in [1.54, 1.807) is 6.07 Å². The van der Waals surface area contributed by atoms with E-state index in [1.807, 2.05) is 0 Å². The number of phenolic OH excluding ortho intramolecular Hbond substituents is 1. The van der Waals surface area contributed by atoms with Crippen LogP contribution in [0.1, 0.15) is 21.5 Å². The van der Waals surface area contributed by atoms with Crippen molar-refractivity contribution < 1.29 is 27.5 Å². The second-order valence-corrected chi connectivity index (χ2v) is 5.00. The van der Waals surface area contributed by atoms with Gasteiger partial charge < -0.3 is 16.6 Å². The van der Waals surface area contributed by atoms with E-state index >= 15 is 0 Å². The van der Waals surface area contributed by atoms with Gasteiger partial charge in [0.25, 0.3) is 5.91 Å². The molecule has 0 saturated carbocycles. The first-order valence-electron chi connectivity index (χ1n) is 6.84. The van der Waals surface area contributed by atoms with Gasteiger partial charge in [0, 0.05) is 11.1 Å². The quantitative estimate of drug-likeness (QED) is 0.428. The number of amides is 1. The summed E-state index contributed by atoms with van der Waals surface area (Å²) in [5, 5.41) is 19.2. The van der Waals surface area contributed by atoms with Gasteiger partial charge in [0.2, 0.25) is 0 Å². The highest BCUT2D eigenvalue weighted by Crippen LogP contribution is 2.39. The number of nitrogens with two attached hydrogens (primary N) is 2. The molecule has 6 nitrogen and oxygen atoms in total. The van der Waals surface area contributed by atoms with Crippen LogP contribution < -0.4 is 11.5 Å². The maximum absolute atomic E-state index is 14.5. The van der Waals surface area contributed by atoms with Gasteiger partial charge in [-0.05, 0) is 18.2 Å². The highest BCUT2D eigenvalue weighted by atomic mass is 19.4. The number of carbonyl (C=O) groups excluding carboxylic acids is 1. The van der Waals surface area contributed by atoms with Gasteiger partial charge in [-0.3, -0.25) is 4.79 Å². The highest BCUT2D eigenvalue weighted by molar-refractivity contribution is 6.09. The molecule has 0 bridgehead atoms. The van der Waals surface area contributed by atoms with E-state index in [-0.39, 0.29) is 5.56 Å².